The van der Waals surface area contributed by atoms with Gasteiger partial charge in [-0.2, -0.15) is 0 Å². The van der Waals surface area contributed by atoms with Gasteiger partial charge in [0.25, 0.3) is 5.91 Å². The molecule has 0 aromatic heterocycles. The number of carbonyl (C=O) groups excluding carboxylic acids is 1. The molecular formula is C21H25N3O4S. The summed E-state index contributed by atoms with van der Waals surface area (Å²) in [5.74, 6) is -0.222. The third-order valence-corrected chi connectivity index (χ3v) is 6.51. The Bertz CT molecular complexity index is 999. The molecule has 0 radical (unpaired) electrons. The Hall–Kier alpha value is -2.58. The lowest BCUT2D eigenvalue weighted by atomic mass is 10.0. The summed E-state index contributed by atoms with van der Waals surface area (Å²) in [5.41, 5.74) is 3.84. The lowest BCUT2D eigenvalue weighted by molar-refractivity contribution is 0.102. The SMILES string of the molecule is CS(=O)(=O)N1CCCc2ccc(NC(=O)c3ccc(N4CCOCC4)cc3)cc21. The third kappa shape index (κ3) is 4.38. The average Bonchev–Trinajstić information content (AvgIpc) is 2.73. The van der Waals surface area contributed by atoms with E-state index in [4.69, 9.17) is 4.74 Å². The molecule has 0 bridgehead atoms. The van der Waals surface area contributed by atoms with E-state index in [1.54, 1.807) is 18.2 Å². The van der Waals surface area contributed by atoms with Gasteiger partial charge in [-0.1, -0.05) is 6.07 Å². The summed E-state index contributed by atoms with van der Waals surface area (Å²) in [6.45, 7) is 3.58. The van der Waals surface area contributed by atoms with Crippen molar-refractivity contribution in [2.24, 2.45) is 0 Å². The normalized spacial score (nSPS) is 17.0. The standard InChI is InChI=1S/C21H25N3O4S/c1-29(26,27)24-10-2-3-16-4-7-18(15-20(16)24)22-21(25)17-5-8-19(9-6-17)23-11-13-28-14-12-23/h4-9,15H,2-3,10-14H2,1H3,(H,22,25). The molecule has 1 saturated heterocycles. The minimum Gasteiger partial charge on any atom is -0.378 e. The number of aryl methyl sites for hydroxylation is 1. The number of sulfonamides is 1. The maximum absolute atomic E-state index is 12.7. The lowest BCUT2D eigenvalue weighted by Gasteiger charge is -2.29. The van der Waals surface area contributed by atoms with Crippen molar-refractivity contribution in [3.63, 3.8) is 0 Å². The Balaban J connectivity index is 1.50. The van der Waals surface area contributed by atoms with Crippen molar-refractivity contribution >= 4 is 33.0 Å². The number of anilines is 3. The number of hydrogen-bond donors (Lipinski definition) is 1. The van der Waals surface area contributed by atoms with Crippen molar-refractivity contribution in [3.8, 4) is 0 Å². The highest BCUT2D eigenvalue weighted by Gasteiger charge is 2.24. The number of carbonyl (C=O) groups is 1. The predicted octanol–water partition coefficient (Wildman–Crippen LogP) is 2.49. The van der Waals surface area contributed by atoms with Gasteiger partial charge in [0.15, 0.2) is 0 Å². The van der Waals surface area contributed by atoms with E-state index < -0.39 is 10.0 Å². The lowest BCUT2D eigenvalue weighted by Crippen LogP contribution is -2.36. The van der Waals surface area contributed by atoms with Crippen LogP contribution in [0.4, 0.5) is 17.1 Å². The number of amides is 1. The number of hydrogen-bond acceptors (Lipinski definition) is 5. The molecule has 2 aromatic carbocycles. The van der Waals surface area contributed by atoms with Gasteiger partial charge in [-0.3, -0.25) is 9.10 Å². The highest BCUT2D eigenvalue weighted by atomic mass is 32.2. The van der Waals surface area contributed by atoms with Gasteiger partial charge < -0.3 is 15.0 Å². The highest BCUT2D eigenvalue weighted by Crippen LogP contribution is 2.32. The largest absolute Gasteiger partial charge is 0.378 e. The number of nitrogens with zero attached hydrogens (tertiary/aromatic N) is 2. The van der Waals surface area contributed by atoms with Crippen LogP contribution in [0.1, 0.15) is 22.3 Å². The monoisotopic (exact) mass is 415 g/mol. The molecule has 0 atom stereocenters. The molecule has 2 aliphatic rings. The summed E-state index contributed by atoms with van der Waals surface area (Å²) in [5, 5.41) is 2.89. The molecule has 2 heterocycles. The molecule has 1 amide bonds. The minimum absolute atomic E-state index is 0.222. The van der Waals surface area contributed by atoms with E-state index in [-0.39, 0.29) is 5.91 Å². The van der Waals surface area contributed by atoms with Gasteiger partial charge >= 0.3 is 0 Å². The van der Waals surface area contributed by atoms with Crippen molar-refractivity contribution in [1.29, 1.82) is 0 Å². The van der Waals surface area contributed by atoms with Crippen molar-refractivity contribution in [2.75, 3.05) is 53.6 Å². The summed E-state index contributed by atoms with van der Waals surface area (Å²) in [6.07, 6.45) is 2.84. The topological polar surface area (TPSA) is 79.0 Å². The van der Waals surface area contributed by atoms with Crippen molar-refractivity contribution in [3.05, 3.63) is 53.6 Å². The molecule has 2 aliphatic heterocycles. The zero-order chi connectivity index (χ0) is 20.4. The third-order valence-electron chi connectivity index (χ3n) is 5.33. The highest BCUT2D eigenvalue weighted by molar-refractivity contribution is 7.92. The van der Waals surface area contributed by atoms with Crippen LogP contribution in [0.15, 0.2) is 42.5 Å². The number of nitrogens with one attached hydrogen (secondary N) is 1. The van der Waals surface area contributed by atoms with Gasteiger partial charge in [0.1, 0.15) is 0 Å². The average molecular weight is 416 g/mol. The number of rotatable bonds is 4. The van der Waals surface area contributed by atoms with E-state index in [0.29, 0.717) is 36.7 Å². The molecule has 0 spiro atoms. The summed E-state index contributed by atoms with van der Waals surface area (Å²) in [4.78, 5) is 14.9. The van der Waals surface area contributed by atoms with Gasteiger partial charge in [0.2, 0.25) is 10.0 Å². The molecule has 4 rings (SSSR count). The molecular weight excluding hydrogens is 390 g/mol. The fourth-order valence-electron chi connectivity index (χ4n) is 3.81. The van der Waals surface area contributed by atoms with Gasteiger partial charge in [0, 0.05) is 36.6 Å². The first kappa shape index (κ1) is 19.7. The molecule has 0 aliphatic carbocycles. The van der Waals surface area contributed by atoms with E-state index in [1.165, 1.54) is 10.6 Å². The Morgan fingerprint density at radius 2 is 1.76 bits per heavy atom. The van der Waals surface area contributed by atoms with Crippen molar-refractivity contribution < 1.29 is 17.9 Å². The molecule has 1 fully saturated rings. The molecule has 1 N–H and O–H groups in total. The first-order valence-electron chi connectivity index (χ1n) is 9.76. The smallest absolute Gasteiger partial charge is 0.255 e. The predicted molar refractivity (Wildman–Crippen MR) is 114 cm³/mol. The maximum atomic E-state index is 12.7. The molecule has 7 nitrogen and oxygen atoms in total. The van der Waals surface area contributed by atoms with Crippen LogP contribution in [0.2, 0.25) is 0 Å². The molecule has 29 heavy (non-hydrogen) atoms. The van der Waals surface area contributed by atoms with Crippen LogP contribution < -0.4 is 14.5 Å². The number of benzene rings is 2. The van der Waals surface area contributed by atoms with Gasteiger partial charge in [-0.25, -0.2) is 8.42 Å². The second kappa shape index (κ2) is 8.04. The van der Waals surface area contributed by atoms with Crippen molar-refractivity contribution in [2.45, 2.75) is 12.8 Å². The Kier molecular flexibility index (Phi) is 5.47. The first-order valence-corrected chi connectivity index (χ1v) is 11.6. The second-order valence-electron chi connectivity index (χ2n) is 7.38. The minimum atomic E-state index is -3.35. The summed E-state index contributed by atoms with van der Waals surface area (Å²) in [6, 6.07) is 13.0. The van der Waals surface area contributed by atoms with E-state index >= 15 is 0 Å². The van der Waals surface area contributed by atoms with Crippen LogP contribution in [0.3, 0.4) is 0 Å². The van der Waals surface area contributed by atoms with E-state index in [9.17, 15) is 13.2 Å². The number of morpholine rings is 1. The van der Waals surface area contributed by atoms with Gasteiger partial charge in [0.05, 0.1) is 25.2 Å². The van der Waals surface area contributed by atoms with Crippen LogP contribution in [0, 0.1) is 0 Å². The number of fused-ring (bicyclic) bond motifs is 1. The summed E-state index contributed by atoms with van der Waals surface area (Å²) < 4.78 is 31.0. The van der Waals surface area contributed by atoms with E-state index in [1.807, 2.05) is 24.3 Å². The maximum Gasteiger partial charge on any atom is 0.255 e. The summed E-state index contributed by atoms with van der Waals surface area (Å²) in [7, 11) is -3.35. The Labute approximate surface area is 171 Å². The van der Waals surface area contributed by atoms with Crippen LogP contribution >= 0.6 is 0 Å². The van der Waals surface area contributed by atoms with Gasteiger partial charge in [-0.05, 0) is 54.8 Å². The van der Waals surface area contributed by atoms with Crippen LogP contribution in [0.25, 0.3) is 0 Å². The quantitative estimate of drug-likeness (QED) is 0.830. The van der Waals surface area contributed by atoms with Crippen molar-refractivity contribution in [1.82, 2.24) is 0 Å². The molecule has 2 aromatic rings. The second-order valence-corrected chi connectivity index (χ2v) is 9.29. The molecule has 154 valence electrons. The molecule has 8 heteroatoms. The zero-order valence-corrected chi connectivity index (χ0v) is 17.2. The summed E-state index contributed by atoms with van der Waals surface area (Å²) >= 11 is 0. The number of ether oxygens (including phenoxy) is 1. The zero-order valence-electron chi connectivity index (χ0n) is 16.4. The fourth-order valence-corrected chi connectivity index (χ4v) is 4.80. The Morgan fingerprint density at radius 1 is 1.03 bits per heavy atom. The molecule has 0 unspecified atom stereocenters. The first-order chi connectivity index (χ1) is 13.9. The fraction of sp³-hybridized carbons (Fsp3) is 0.381. The Morgan fingerprint density at radius 3 is 2.45 bits per heavy atom. The van der Waals surface area contributed by atoms with Crippen LogP contribution in [-0.2, 0) is 21.2 Å². The van der Waals surface area contributed by atoms with Gasteiger partial charge in [-0.15, -0.1) is 0 Å². The van der Waals surface area contributed by atoms with E-state index in [2.05, 4.69) is 10.2 Å². The molecule has 0 saturated carbocycles. The van der Waals surface area contributed by atoms with E-state index in [0.717, 1.165) is 37.2 Å². The van der Waals surface area contributed by atoms with Crippen LogP contribution in [0.5, 0.6) is 0 Å². The van der Waals surface area contributed by atoms with Crippen LogP contribution in [-0.4, -0.2) is 53.4 Å².